The van der Waals surface area contributed by atoms with Crippen LogP contribution in [0.3, 0.4) is 0 Å². The summed E-state index contributed by atoms with van der Waals surface area (Å²) in [6.07, 6.45) is 2.93. The molecule has 6 nitrogen and oxygen atoms in total. The van der Waals surface area contributed by atoms with Gasteiger partial charge in [-0.05, 0) is 94.1 Å². The summed E-state index contributed by atoms with van der Waals surface area (Å²) in [5.74, 6) is 3.35. The largest absolute Gasteiger partial charge is 0.457 e. The smallest absolute Gasteiger partial charge is 0.164 e. The maximum Gasteiger partial charge on any atom is 0.164 e. The highest BCUT2D eigenvalue weighted by Gasteiger charge is 2.22. The fourth-order valence-electron chi connectivity index (χ4n) is 9.32. The van der Waals surface area contributed by atoms with Crippen LogP contribution in [0, 0.1) is 0 Å². The van der Waals surface area contributed by atoms with Gasteiger partial charge in [-0.25, -0.2) is 15.0 Å². The molecule has 0 saturated carbocycles. The molecule has 4 heterocycles. The monoisotopic (exact) mass is 821 g/mol. The van der Waals surface area contributed by atoms with E-state index in [9.17, 15) is 0 Å². The number of rotatable bonds is 6. The van der Waals surface area contributed by atoms with Gasteiger partial charge >= 0.3 is 0 Å². The zero-order valence-corrected chi connectivity index (χ0v) is 34.3. The predicted octanol–water partition coefficient (Wildman–Crippen LogP) is 15.1. The third-order valence-electron chi connectivity index (χ3n) is 12.5. The highest BCUT2D eigenvalue weighted by atomic mass is 16.5. The maximum atomic E-state index is 6.78. The first-order valence-corrected chi connectivity index (χ1v) is 21.5. The van der Waals surface area contributed by atoms with Crippen LogP contribution in [0.25, 0.3) is 117 Å². The summed E-state index contributed by atoms with van der Waals surface area (Å²) in [7, 11) is 0. The van der Waals surface area contributed by atoms with Crippen molar-refractivity contribution in [3.05, 3.63) is 211 Å². The molecule has 3 aromatic heterocycles. The minimum atomic E-state index is 0.543. The molecule has 64 heavy (non-hydrogen) atoms. The minimum Gasteiger partial charge on any atom is -0.457 e. The van der Waals surface area contributed by atoms with E-state index in [0.717, 1.165) is 106 Å². The van der Waals surface area contributed by atoms with Crippen LogP contribution < -0.4 is 4.74 Å². The number of benzene rings is 9. The van der Waals surface area contributed by atoms with Crippen LogP contribution >= 0.6 is 0 Å². The standard InChI is InChI=1S/C58H35N3O3/c1-2-12-35(13-3-1)42-18-6-7-20-48(42)58-60-56(39-16-10-15-37(32-39)38-24-27-45-43-19-8-9-23-50(43)63-53(45)33-38)59-57(61-58)40-25-28-46-47-21-11-22-49(55(47)64-54(46)34-40)52-31-29-44-41-17-5-4-14-36(41)26-30-51(44)62-52/h1-28,30-34H,29H2. The second-order valence-corrected chi connectivity index (χ2v) is 16.2. The molecule has 1 aliphatic heterocycles. The lowest BCUT2D eigenvalue weighted by atomic mass is 9.98. The first-order valence-electron chi connectivity index (χ1n) is 21.5. The fourth-order valence-corrected chi connectivity index (χ4v) is 9.32. The minimum absolute atomic E-state index is 0.543. The average molecular weight is 822 g/mol. The van der Waals surface area contributed by atoms with Crippen LogP contribution in [0.5, 0.6) is 5.75 Å². The molecule has 6 heteroatoms. The molecule has 0 spiro atoms. The van der Waals surface area contributed by atoms with Gasteiger partial charge in [0.15, 0.2) is 17.5 Å². The zero-order chi connectivity index (χ0) is 42.1. The first-order chi connectivity index (χ1) is 31.7. The van der Waals surface area contributed by atoms with Crippen molar-refractivity contribution in [3.63, 3.8) is 0 Å². The molecule has 13 rings (SSSR count). The average Bonchev–Trinajstić information content (AvgIpc) is 3.94. The number of hydrogen-bond acceptors (Lipinski definition) is 6. The van der Waals surface area contributed by atoms with Gasteiger partial charge < -0.3 is 13.6 Å². The molecule has 0 aliphatic carbocycles. The van der Waals surface area contributed by atoms with Crippen molar-refractivity contribution in [2.75, 3.05) is 0 Å². The Balaban J connectivity index is 0.929. The number of hydrogen-bond donors (Lipinski definition) is 0. The molecule has 9 aromatic carbocycles. The van der Waals surface area contributed by atoms with Gasteiger partial charge in [-0.1, -0.05) is 146 Å². The Morgan fingerprint density at radius 2 is 0.953 bits per heavy atom. The highest BCUT2D eigenvalue weighted by Crippen LogP contribution is 2.41. The van der Waals surface area contributed by atoms with Crippen LogP contribution in [-0.4, -0.2) is 15.0 Å². The molecule has 0 amide bonds. The summed E-state index contributed by atoms with van der Waals surface area (Å²) < 4.78 is 19.7. The highest BCUT2D eigenvalue weighted by molar-refractivity contribution is 6.09. The Morgan fingerprint density at radius 3 is 1.84 bits per heavy atom. The molecule has 0 atom stereocenters. The maximum absolute atomic E-state index is 6.78. The fraction of sp³-hybridized carbons (Fsp3) is 0.0172. The second kappa shape index (κ2) is 14.5. The van der Waals surface area contributed by atoms with Crippen LogP contribution in [0.1, 0.15) is 11.1 Å². The molecule has 1 aliphatic rings. The first kappa shape index (κ1) is 36.1. The summed E-state index contributed by atoms with van der Waals surface area (Å²) in [4.78, 5) is 15.6. The molecule has 0 unspecified atom stereocenters. The van der Waals surface area contributed by atoms with Crippen LogP contribution in [0.2, 0.25) is 0 Å². The number of ether oxygens (including phenoxy) is 1. The van der Waals surface area contributed by atoms with Crippen molar-refractivity contribution in [1.82, 2.24) is 15.0 Å². The number of fused-ring (bicyclic) bond motifs is 9. The predicted molar refractivity (Wildman–Crippen MR) is 258 cm³/mol. The van der Waals surface area contributed by atoms with Gasteiger partial charge in [0.1, 0.15) is 33.8 Å². The normalized spacial score (nSPS) is 12.5. The third-order valence-corrected chi connectivity index (χ3v) is 12.5. The number of furan rings is 2. The van der Waals surface area contributed by atoms with Crippen LogP contribution in [0.4, 0.5) is 0 Å². The van der Waals surface area contributed by atoms with E-state index in [4.69, 9.17) is 28.5 Å². The number of nitrogens with zero attached hydrogens (tertiary/aromatic N) is 3. The van der Waals surface area contributed by atoms with E-state index in [1.165, 1.54) is 16.3 Å². The summed E-state index contributed by atoms with van der Waals surface area (Å²) in [6.45, 7) is 0. The van der Waals surface area contributed by atoms with Gasteiger partial charge in [0, 0.05) is 43.8 Å². The molecule has 300 valence electrons. The van der Waals surface area contributed by atoms with Crippen molar-refractivity contribution in [2.45, 2.75) is 6.42 Å². The third kappa shape index (κ3) is 5.99. The Bertz CT molecular complexity index is 3860. The zero-order valence-electron chi connectivity index (χ0n) is 34.3. The quantitative estimate of drug-likeness (QED) is 0.166. The van der Waals surface area contributed by atoms with Gasteiger partial charge in [0.05, 0.1) is 5.56 Å². The molecule has 0 bridgehead atoms. The molecule has 0 saturated heterocycles. The molecular formula is C58H35N3O3. The van der Waals surface area contributed by atoms with E-state index in [1.807, 2.05) is 36.4 Å². The molecular weight excluding hydrogens is 787 g/mol. The summed E-state index contributed by atoms with van der Waals surface area (Å²) in [5, 5.41) is 6.64. The van der Waals surface area contributed by atoms with E-state index in [0.29, 0.717) is 17.5 Å². The van der Waals surface area contributed by atoms with Crippen molar-refractivity contribution in [3.8, 4) is 62.2 Å². The van der Waals surface area contributed by atoms with Gasteiger partial charge in [0.25, 0.3) is 0 Å². The summed E-state index contributed by atoms with van der Waals surface area (Å²) in [6, 6.07) is 66.7. The van der Waals surface area contributed by atoms with Crippen LogP contribution in [-0.2, 0) is 6.42 Å². The molecule has 0 fully saturated rings. The lowest BCUT2D eigenvalue weighted by molar-refractivity contribution is 0.499. The summed E-state index contributed by atoms with van der Waals surface area (Å²) in [5.41, 5.74) is 12.1. The molecule has 0 radical (unpaired) electrons. The Labute approximate surface area is 367 Å². The van der Waals surface area contributed by atoms with Crippen LogP contribution in [0.15, 0.2) is 209 Å². The lowest BCUT2D eigenvalue weighted by Gasteiger charge is -2.20. The van der Waals surface area contributed by atoms with E-state index in [-0.39, 0.29) is 0 Å². The molecule has 12 aromatic rings. The van der Waals surface area contributed by atoms with Gasteiger partial charge in [-0.15, -0.1) is 0 Å². The van der Waals surface area contributed by atoms with Crippen molar-refractivity contribution in [2.24, 2.45) is 0 Å². The number of allylic oxidation sites excluding steroid dienone is 1. The Hall–Kier alpha value is -8.61. The Morgan fingerprint density at radius 1 is 0.359 bits per heavy atom. The van der Waals surface area contributed by atoms with E-state index in [1.54, 1.807) is 0 Å². The van der Waals surface area contributed by atoms with E-state index >= 15 is 0 Å². The van der Waals surface area contributed by atoms with E-state index in [2.05, 4.69) is 164 Å². The summed E-state index contributed by atoms with van der Waals surface area (Å²) >= 11 is 0. The van der Waals surface area contributed by atoms with Crippen molar-refractivity contribution < 1.29 is 13.6 Å². The number of para-hydroxylation sites is 2. The lowest BCUT2D eigenvalue weighted by Crippen LogP contribution is -2.04. The second-order valence-electron chi connectivity index (χ2n) is 16.2. The number of aromatic nitrogens is 3. The Kier molecular flexibility index (Phi) is 8.18. The van der Waals surface area contributed by atoms with Gasteiger partial charge in [-0.3, -0.25) is 0 Å². The van der Waals surface area contributed by atoms with Gasteiger partial charge in [-0.2, -0.15) is 0 Å². The topological polar surface area (TPSA) is 74.2 Å². The molecule has 0 N–H and O–H groups in total. The van der Waals surface area contributed by atoms with Crippen molar-refractivity contribution in [1.29, 1.82) is 0 Å². The van der Waals surface area contributed by atoms with Gasteiger partial charge in [0.2, 0.25) is 0 Å². The van der Waals surface area contributed by atoms with Crippen molar-refractivity contribution >= 4 is 60.4 Å². The van der Waals surface area contributed by atoms with E-state index < -0.39 is 0 Å². The SMILES string of the molecule is C1=C(c2cccc3c2oc2cc(-c4nc(-c5cccc(-c6ccc7c(c6)oc6ccccc67)c5)nc(-c5ccccc5-c5ccccc5)n4)ccc23)Oc2ccc3ccccc3c2C1.